The Morgan fingerprint density at radius 3 is 2.70 bits per heavy atom. The van der Waals surface area contributed by atoms with Gasteiger partial charge in [0.15, 0.2) is 5.16 Å². The van der Waals surface area contributed by atoms with Crippen LogP contribution in [0.4, 0.5) is 5.69 Å². The molecule has 0 bridgehead atoms. The third kappa shape index (κ3) is 3.21. The van der Waals surface area contributed by atoms with Crippen LogP contribution in [0.1, 0.15) is 5.56 Å². The van der Waals surface area contributed by atoms with Crippen LogP contribution < -0.4 is 4.90 Å². The van der Waals surface area contributed by atoms with E-state index < -0.39 is 0 Å². The Morgan fingerprint density at radius 2 is 1.83 bits per heavy atom. The number of anilines is 1. The zero-order chi connectivity index (χ0) is 15.5. The number of H-pyrrole nitrogens is 1. The topological polar surface area (TPSA) is 41.1 Å². The molecule has 1 N–H and O–H groups in total. The summed E-state index contributed by atoms with van der Waals surface area (Å²) in [5, 5.41) is 0.975. The van der Waals surface area contributed by atoms with E-state index in [1.165, 1.54) is 11.3 Å². The van der Waals surface area contributed by atoms with Crippen molar-refractivity contribution in [3.8, 4) is 0 Å². The number of hydrogen-bond donors (Lipinski definition) is 1. The van der Waals surface area contributed by atoms with Gasteiger partial charge in [0.25, 0.3) is 0 Å². The number of morpholine rings is 1. The van der Waals surface area contributed by atoms with Gasteiger partial charge in [0.1, 0.15) is 0 Å². The van der Waals surface area contributed by atoms with Gasteiger partial charge in [-0.3, -0.25) is 0 Å². The molecule has 23 heavy (non-hydrogen) atoms. The van der Waals surface area contributed by atoms with E-state index >= 15 is 0 Å². The first-order chi connectivity index (χ1) is 11.4. The number of thioether (sulfide) groups is 1. The quantitative estimate of drug-likeness (QED) is 0.743. The molecule has 1 fully saturated rings. The van der Waals surface area contributed by atoms with Crippen molar-refractivity contribution in [1.29, 1.82) is 0 Å². The summed E-state index contributed by atoms with van der Waals surface area (Å²) in [5.74, 6) is 0.910. The van der Waals surface area contributed by atoms with E-state index in [0.29, 0.717) is 0 Å². The van der Waals surface area contributed by atoms with Gasteiger partial charge in [-0.05, 0) is 23.8 Å². The number of ether oxygens (including phenoxy) is 1. The minimum absolute atomic E-state index is 0.811. The highest BCUT2D eigenvalue weighted by Gasteiger charge is 2.14. The van der Waals surface area contributed by atoms with Gasteiger partial charge in [-0.1, -0.05) is 42.1 Å². The van der Waals surface area contributed by atoms with Crippen LogP contribution in [-0.2, 0) is 10.5 Å². The molecule has 3 aromatic rings. The smallest absolute Gasteiger partial charge is 0.166 e. The number of nitrogens with one attached hydrogen (secondary N) is 1. The molecule has 0 radical (unpaired) electrons. The average molecular weight is 325 g/mol. The van der Waals surface area contributed by atoms with E-state index in [1.54, 1.807) is 11.8 Å². The minimum atomic E-state index is 0.811. The largest absolute Gasteiger partial charge is 0.378 e. The molecular formula is C18H19N3OS. The number of para-hydroxylation sites is 3. The summed E-state index contributed by atoms with van der Waals surface area (Å²) in [5.41, 5.74) is 4.78. The Morgan fingerprint density at radius 1 is 1.04 bits per heavy atom. The molecule has 2 heterocycles. The minimum Gasteiger partial charge on any atom is -0.378 e. The Balaban J connectivity index is 1.52. The third-order valence-corrected chi connectivity index (χ3v) is 5.00. The number of nitrogens with zero attached hydrogens (tertiary/aromatic N) is 2. The van der Waals surface area contributed by atoms with Crippen LogP contribution in [0.2, 0.25) is 0 Å². The zero-order valence-corrected chi connectivity index (χ0v) is 13.7. The fourth-order valence-electron chi connectivity index (χ4n) is 2.89. The average Bonchev–Trinajstić information content (AvgIpc) is 3.04. The Hall–Kier alpha value is -1.98. The summed E-state index contributed by atoms with van der Waals surface area (Å²) >= 11 is 1.75. The van der Waals surface area contributed by atoms with Gasteiger partial charge in [-0.25, -0.2) is 4.98 Å². The lowest BCUT2D eigenvalue weighted by Gasteiger charge is -2.30. The summed E-state index contributed by atoms with van der Waals surface area (Å²) in [6.45, 7) is 3.55. The molecule has 4 rings (SSSR count). The van der Waals surface area contributed by atoms with Crippen molar-refractivity contribution in [2.24, 2.45) is 0 Å². The fraction of sp³-hybridized carbons (Fsp3) is 0.278. The lowest BCUT2D eigenvalue weighted by molar-refractivity contribution is 0.122. The van der Waals surface area contributed by atoms with Crippen molar-refractivity contribution in [2.75, 3.05) is 31.2 Å². The number of imidazole rings is 1. The van der Waals surface area contributed by atoms with E-state index in [2.05, 4.69) is 45.2 Å². The first-order valence-electron chi connectivity index (χ1n) is 7.88. The highest BCUT2D eigenvalue weighted by atomic mass is 32.2. The Labute approximate surface area is 139 Å². The molecule has 1 aliphatic rings. The van der Waals surface area contributed by atoms with Crippen molar-refractivity contribution in [3.63, 3.8) is 0 Å². The van der Waals surface area contributed by atoms with Crippen LogP contribution >= 0.6 is 11.8 Å². The molecule has 118 valence electrons. The summed E-state index contributed by atoms with van der Waals surface area (Å²) < 4.78 is 5.46. The molecule has 5 heteroatoms. The van der Waals surface area contributed by atoms with Crippen molar-refractivity contribution in [1.82, 2.24) is 9.97 Å². The Bertz CT molecular complexity index is 763. The third-order valence-electron chi connectivity index (χ3n) is 4.08. The highest BCUT2D eigenvalue weighted by molar-refractivity contribution is 7.98. The lowest BCUT2D eigenvalue weighted by Crippen LogP contribution is -2.36. The van der Waals surface area contributed by atoms with E-state index in [-0.39, 0.29) is 0 Å². The second kappa shape index (κ2) is 6.64. The first-order valence-corrected chi connectivity index (χ1v) is 8.87. The van der Waals surface area contributed by atoms with Crippen LogP contribution in [0.25, 0.3) is 11.0 Å². The normalized spacial score (nSPS) is 15.2. The highest BCUT2D eigenvalue weighted by Crippen LogP contribution is 2.29. The second-order valence-electron chi connectivity index (χ2n) is 5.58. The summed E-state index contributed by atoms with van der Waals surface area (Å²) in [7, 11) is 0. The number of rotatable bonds is 4. The second-order valence-corrected chi connectivity index (χ2v) is 6.54. The standard InChI is InChI=1S/C18H19N3OS/c1-4-8-17(21-9-11-22-12-10-21)14(5-1)13-23-18-19-15-6-2-3-7-16(15)20-18/h1-8H,9-13H2,(H,19,20). The molecule has 1 aliphatic heterocycles. The fourth-order valence-corrected chi connectivity index (χ4v) is 3.77. The SMILES string of the molecule is c1ccc(N2CCOCC2)c(CSc2nc3ccccc3[nH]2)c1. The predicted molar refractivity (Wildman–Crippen MR) is 95.1 cm³/mol. The molecule has 0 atom stereocenters. The van der Waals surface area contributed by atoms with E-state index in [4.69, 9.17) is 4.74 Å². The van der Waals surface area contributed by atoms with Crippen molar-refractivity contribution in [2.45, 2.75) is 10.9 Å². The van der Waals surface area contributed by atoms with Crippen LogP contribution in [0.3, 0.4) is 0 Å². The number of aromatic amines is 1. The molecule has 0 aliphatic carbocycles. The molecule has 2 aromatic carbocycles. The molecular weight excluding hydrogens is 306 g/mol. The maximum atomic E-state index is 5.46. The van der Waals surface area contributed by atoms with Gasteiger partial charge in [0.2, 0.25) is 0 Å². The summed E-state index contributed by atoms with van der Waals surface area (Å²) in [6, 6.07) is 16.8. The molecule has 1 saturated heterocycles. The monoisotopic (exact) mass is 325 g/mol. The van der Waals surface area contributed by atoms with Gasteiger partial charge < -0.3 is 14.6 Å². The first kappa shape index (κ1) is 14.6. The number of fused-ring (bicyclic) bond motifs is 1. The van der Waals surface area contributed by atoms with Gasteiger partial charge in [0.05, 0.1) is 24.2 Å². The Kier molecular flexibility index (Phi) is 4.22. The number of benzene rings is 2. The molecule has 1 aromatic heterocycles. The number of aromatic nitrogens is 2. The van der Waals surface area contributed by atoms with Crippen LogP contribution in [-0.4, -0.2) is 36.3 Å². The maximum absolute atomic E-state index is 5.46. The van der Waals surface area contributed by atoms with Crippen molar-refractivity contribution in [3.05, 3.63) is 54.1 Å². The van der Waals surface area contributed by atoms with Gasteiger partial charge in [-0.2, -0.15) is 0 Å². The van der Waals surface area contributed by atoms with Crippen LogP contribution in [0, 0.1) is 0 Å². The lowest BCUT2D eigenvalue weighted by atomic mass is 10.1. The number of hydrogen-bond acceptors (Lipinski definition) is 4. The van der Waals surface area contributed by atoms with Gasteiger partial charge >= 0.3 is 0 Å². The summed E-state index contributed by atoms with van der Waals surface area (Å²) in [6.07, 6.45) is 0. The van der Waals surface area contributed by atoms with Crippen molar-refractivity contribution < 1.29 is 4.74 Å². The molecule has 0 amide bonds. The predicted octanol–water partition coefficient (Wildman–Crippen LogP) is 3.69. The molecule has 0 saturated carbocycles. The van der Waals surface area contributed by atoms with Crippen LogP contribution in [0.5, 0.6) is 0 Å². The molecule has 0 spiro atoms. The van der Waals surface area contributed by atoms with E-state index in [0.717, 1.165) is 48.2 Å². The van der Waals surface area contributed by atoms with Gasteiger partial charge in [0, 0.05) is 24.5 Å². The maximum Gasteiger partial charge on any atom is 0.166 e. The van der Waals surface area contributed by atoms with Gasteiger partial charge in [-0.15, -0.1) is 0 Å². The van der Waals surface area contributed by atoms with E-state index in [1.807, 2.05) is 18.2 Å². The summed E-state index contributed by atoms with van der Waals surface area (Å²) in [4.78, 5) is 10.4. The van der Waals surface area contributed by atoms with Crippen molar-refractivity contribution >= 4 is 28.5 Å². The molecule has 0 unspecified atom stereocenters. The van der Waals surface area contributed by atoms with E-state index in [9.17, 15) is 0 Å². The molecule has 4 nitrogen and oxygen atoms in total. The zero-order valence-electron chi connectivity index (χ0n) is 12.9. The van der Waals surface area contributed by atoms with Crippen LogP contribution in [0.15, 0.2) is 53.7 Å².